The summed E-state index contributed by atoms with van der Waals surface area (Å²) in [7, 11) is 0. The summed E-state index contributed by atoms with van der Waals surface area (Å²) in [5, 5.41) is 0. The Morgan fingerprint density at radius 1 is 1.42 bits per heavy atom. The molecule has 0 aromatic carbocycles. The summed E-state index contributed by atoms with van der Waals surface area (Å²) in [4.78, 5) is 0. The summed E-state index contributed by atoms with van der Waals surface area (Å²) in [5.74, 6) is 0. The molecule has 1 atom stereocenters. The lowest BCUT2D eigenvalue weighted by Gasteiger charge is -2.36. The molecule has 4 heteroatoms. The van der Waals surface area contributed by atoms with Crippen molar-refractivity contribution in [2.45, 2.75) is 44.0 Å². The normalized spacial score (nSPS) is 32.8. The minimum Gasteiger partial charge on any atom is -0.372 e. The summed E-state index contributed by atoms with van der Waals surface area (Å²) in [6.45, 7) is -2.32. The van der Waals surface area contributed by atoms with Crippen LogP contribution in [-0.4, -0.2) is 24.9 Å². The lowest BCUT2D eigenvalue weighted by molar-refractivity contribution is -0.161. The molecule has 2 aliphatic rings. The number of rotatable bonds is 2. The van der Waals surface area contributed by atoms with E-state index in [1.807, 2.05) is 0 Å². The molecule has 1 aliphatic carbocycles. The van der Waals surface area contributed by atoms with Crippen molar-refractivity contribution in [3.63, 3.8) is 0 Å². The van der Waals surface area contributed by atoms with Gasteiger partial charge in [0, 0.05) is 6.42 Å². The average Bonchev–Trinajstić information content (AvgIpc) is 2.29. The first-order valence-electron chi connectivity index (χ1n) is 4.28. The molecule has 2 nitrogen and oxygen atoms in total. The van der Waals surface area contributed by atoms with Crippen molar-refractivity contribution in [2.75, 3.05) is 6.61 Å². The van der Waals surface area contributed by atoms with Crippen molar-refractivity contribution in [1.82, 2.24) is 0 Å². The molecule has 2 fully saturated rings. The zero-order chi connectivity index (χ0) is 8.60. The van der Waals surface area contributed by atoms with E-state index in [-0.39, 0.29) is 11.7 Å². The van der Waals surface area contributed by atoms with Crippen LogP contribution in [0.3, 0.4) is 0 Å². The number of halogens is 2. The fourth-order valence-electron chi connectivity index (χ4n) is 1.95. The molecule has 0 bridgehead atoms. The van der Waals surface area contributed by atoms with Crippen LogP contribution in [0.4, 0.5) is 8.78 Å². The maximum atomic E-state index is 11.8. The Balaban J connectivity index is 1.81. The molecule has 0 aromatic rings. The molecule has 0 amide bonds. The van der Waals surface area contributed by atoms with Gasteiger partial charge in [0.05, 0.1) is 18.3 Å². The first kappa shape index (κ1) is 8.38. The number of ether oxygens (including phenoxy) is 2. The van der Waals surface area contributed by atoms with E-state index >= 15 is 0 Å². The molecule has 0 unspecified atom stereocenters. The van der Waals surface area contributed by atoms with Crippen molar-refractivity contribution >= 4 is 0 Å². The molecule has 1 heterocycles. The Hall–Kier alpha value is -0.220. The molecule has 1 saturated carbocycles. The molecule has 70 valence electrons. The molecule has 1 spiro atoms. The predicted octanol–water partition coefficient (Wildman–Crippen LogP) is 1.94. The molecule has 0 aromatic heterocycles. The third kappa shape index (κ3) is 1.45. The smallest absolute Gasteiger partial charge is 0.345 e. The van der Waals surface area contributed by atoms with E-state index in [0.29, 0.717) is 13.0 Å². The van der Waals surface area contributed by atoms with E-state index < -0.39 is 6.61 Å². The summed E-state index contributed by atoms with van der Waals surface area (Å²) in [6, 6.07) is 0. The Morgan fingerprint density at radius 2 is 2.17 bits per heavy atom. The third-order valence-electron chi connectivity index (χ3n) is 2.74. The molecule has 0 radical (unpaired) electrons. The second kappa shape index (κ2) is 2.92. The quantitative estimate of drug-likeness (QED) is 0.643. The van der Waals surface area contributed by atoms with Crippen molar-refractivity contribution in [3.8, 4) is 0 Å². The maximum Gasteiger partial charge on any atom is 0.345 e. The highest BCUT2D eigenvalue weighted by molar-refractivity contribution is 4.96. The summed E-state index contributed by atoms with van der Waals surface area (Å²) in [6.07, 6.45) is 3.44. The summed E-state index contributed by atoms with van der Waals surface area (Å²) < 4.78 is 33.4. The van der Waals surface area contributed by atoms with Crippen molar-refractivity contribution in [3.05, 3.63) is 0 Å². The lowest BCUT2D eigenvalue weighted by Crippen LogP contribution is -2.36. The van der Waals surface area contributed by atoms with Gasteiger partial charge in [-0.1, -0.05) is 0 Å². The van der Waals surface area contributed by atoms with E-state index in [1.165, 1.54) is 0 Å². The Bertz CT molecular complexity index is 168. The van der Waals surface area contributed by atoms with E-state index in [1.54, 1.807) is 0 Å². The minimum absolute atomic E-state index is 0.0838. The monoisotopic (exact) mass is 178 g/mol. The Labute approximate surface area is 69.8 Å². The highest BCUT2D eigenvalue weighted by Crippen LogP contribution is 2.44. The highest BCUT2D eigenvalue weighted by Gasteiger charge is 2.45. The van der Waals surface area contributed by atoms with E-state index in [9.17, 15) is 8.78 Å². The van der Waals surface area contributed by atoms with Gasteiger partial charge in [-0.05, 0) is 19.3 Å². The van der Waals surface area contributed by atoms with Crippen LogP contribution in [0.25, 0.3) is 0 Å². The molecule has 0 N–H and O–H groups in total. The van der Waals surface area contributed by atoms with E-state index in [4.69, 9.17) is 4.74 Å². The number of alkyl halides is 2. The summed E-state index contributed by atoms with van der Waals surface area (Å²) in [5.41, 5.74) is -0.0838. The van der Waals surface area contributed by atoms with Gasteiger partial charge in [-0.2, -0.15) is 8.78 Å². The van der Waals surface area contributed by atoms with E-state index in [0.717, 1.165) is 19.3 Å². The largest absolute Gasteiger partial charge is 0.372 e. The van der Waals surface area contributed by atoms with Crippen molar-refractivity contribution in [1.29, 1.82) is 0 Å². The molecular formula is C8H12F2O2. The molecule has 12 heavy (non-hydrogen) atoms. The van der Waals surface area contributed by atoms with Gasteiger partial charge in [-0.25, -0.2) is 0 Å². The highest BCUT2D eigenvalue weighted by atomic mass is 19.3. The van der Waals surface area contributed by atoms with Crippen molar-refractivity contribution < 1.29 is 18.3 Å². The van der Waals surface area contributed by atoms with Gasteiger partial charge >= 0.3 is 6.61 Å². The zero-order valence-electron chi connectivity index (χ0n) is 6.76. The molecule has 1 saturated heterocycles. The van der Waals surface area contributed by atoms with E-state index in [2.05, 4.69) is 4.74 Å². The van der Waals surface area contributed by atoms with Crippen molar-refractivity contribution in [2.24, 2.45) is 0 Å². The van der Waals surface area contributed by atoms with Gasteiger partial charge in [-0.15, -0.1) is 0 Å². The second-order valence-electron chi connectivity index (χ2n) is 3.57. The van der Waals surface area contributed by atoms with Gasteiger partial charge < -0.3 is 9.47 Å². The fourth-order valence-corrected chi connectivity index (χ4v) is 1.95. The van der Waals surface area contributed by atoms with Crippen LogP contribution >= 0.6 is 0 Å². The Morgan fingerprint density at radius 3 is 2.58 bits per heavy atom. The molecule has 2 rings (SSSR count). The predicted molar refractivity (Wildman–Crippen MR) is 38.0 cm³/mol. The minimum atomic E-state index is -2.66. The van der Waals surface area contributed by atoms with Gasteiger partial charge in [0.15, 0.2) is 0 Å². The summed E-state index contributed by atoms with van der Waals surface area (Å²) >= 11 is 0. The standard InChI is InChI=1S/C8H12F2O2/c9-7(10)12-6-4-8(11-5-6)2-1-3-8/h6-7H,1-5H2/t6-/m0/s1. The van der Waals surface area contributed by atoms with Crippen LogP contribution in [-0.2, 0) is 9.47 Å². The van der Waals surface area contributed by atoms with Crippen LogP contribution < -0.4 is 0 Å². The maximum absolute atomic E-state index is 11.8. The fraction of sp³-hybridized carbons (Fsp3) is 1.00. The topological polar surface area (TPSA) is 18.5 Å². The van der Waals surface area contributed by atoms with Crippen LogP contribution in [0.2, 0.25) is 0 Å². The van der Waals surface area contributed by atoms with Crippen LogP contribution in [0, 0.1) is 0 Å². The average molecular weight is 178 g/mol. The molecule has 1 aliphatic heterocycles. The van der Waals surface area contributed by atoms with Gasteiger partial charge in [0.2, 0.25) is 0 Å². The first-order valence-corrected chi connectivity index (χ1v) is 4.28. The SMILES string of the molecule is FC(F)O[C@@H]1COC2(CCC2)C1. The van der Waals surface area contributed by atoms with Gasteiger partial charge in [0.25, 0.3) is 0 Å². The van der Waals surface area contributed by atoms with Crippen LogP contribution in [0.1, 0.15) is 25.7 Å². The molecular weight excluding hydrogens is 166 g/mol. The Kier molecular flexibility index (Phi) is 2.04. The third-order valence-corrected chi connectivity index (χ3v) is 2.74. The first-order chi connectivity index (χ1) is 5.70. The number of hydrogen-bond acceptors (Lipinski definition) is 2. The second-order valence-corrected chi connectivity index (χ2v) is 3.57. The van der Waals surface area contributed by atoms with Gasteiger partial charge in [0.1, 0.15) is 0 Å². The van der Waals surface area contributed by atoms with Crippen LogP contribution in [0.15, 0.2) is 0 Å². The van der Waals surface area contributed by atoms with Gasteiger partial charge in [-0.3, -0.25) is 0 Å². The zero-order valence-corrected chi connectivity index (χ0v) is 6.76. The lowest BCUT2D eigenvalue weighted by atomic mass is 9.78. The van der Waals surface area contributed by atoms with Crippen LogP contribution in [0.5, 0.6) is 0 Å². The number of hydrogen-bond donors (Lipinski definition) is 0.